The number of amides is 2. The molecule has 7 nitrogen and oxygen atoms in total. The van der Waals surface area contributed by atoms with E-state index < -0.39 is 12.3 Å². The largest absolute Gasteiger partial charge is 0.494 e. The summed E-state index contributed by atoms with van der Waals surface area (Å²) >= 11 is 1.36. The molecule has 30 heavy (non-hydrogen) atoms. The zero-order valence-corrected chi connectivity index (χ0v) is 17.3. The van der Waals surface area contributed by atoms with Gasteiger partial charge in [0.2, 0.25) is 0 Å². The van der Waals surface area contributed by atoms with Gasteiger partial charge in [0.25, 0.3) is 0 Å². The average Bonchev–Trinajstić information content (AvgIpc) is 3.22. The van der Waals surface area contributed by atoms with E-state index in [-0.39, 0.29) is 0 Å². The lowest BCUT2D eigenvalue weighted by Gasteiger charge is -2.23. The summed E-state index contributed by atoms with van der Waals surface area (Å²) in [5.41, 5.74) is 3.26. The number of methoxy groups -OCH3 is 1. The standard InChI is InChI=1S/C22H20N4O3S/c1-26(20(27)15-9-6-12-23-13-15)22(28)25-21-24-18-17(29-2)11-10-16(19(18)30-21)14-7-4-3-5-8-14/h3-13,20,27H,1-2H3,(H,24,25,28). The van der Waals surface area contributed by atoms with E-state index in [2.05, 4.69) is 15.3 Å². The molecule has 0 saturated carbocycles. The van der Waals surface area contributed by atoms with Gasteiger partial charge in [-0.05, 0) is 23.8 Å². The van der Waals surface area contributed by atoms with Crippen LogP contribution in [0.5, 0.6) is 5.75 Å². The third kappa shape index (κ3) is 3.83. The van der Waals surface area contributed by atoms with Crippen molar-refractivity contribution in [3.8, 4) is 16.9 Å². The van der Waals surface area contributed by atoms with Gasteiger partial charge in [-0.3, -0.25) is 15.2 Å². The fourth-order valence-corrected chi connectivity index (χ4v) is 4.10. The number of carbonyl (C=O) groups excluding carboxylic acids is 1. The Bertz CT molecular complexity index is 1170. The second-order valence-corrected chi connectivity index (χ2v) is 7.58. The lowest BCUT2D eigenvalue weighted by Crippen LogP contribution is -2.34. The van der Waals surface area contributed by atoms with E-state index in [4.69, 9.17) is 4.74 Å². The molecule has 2 aromatic carbocycles. The highest BCUT2D eigenvalue weighted by Crippen LogP contribution is 2.39. The number of ether oxygens (including phenoxy) is 1. The molecule has 2 heterocycles. The normalized spacial score (nSPS) is 11.8. The van der Waals surface area contributed by atoms with E-state index in [1.165, 1.54) is 29.5 Å². The Kier molecular flexibility index (Phi) is 5.60. The number of hydrogen-bond donors (Lipinski definition) is 2. The number of pyridine rings is 1. The summed E-state index contributed by atoms with van der Waals surface area (Å²) in [4.78, 5) is 22.4. The number of fused-ring (bicyclic) bond motifs is 1. The second kappa shape index (κ2) is 8.48. The molecule has 1 unspecified atom stereocenters. The number of rotatable bonds is 5. The van der Waals surface area contributed by atoms with Gasteiger partial charge in [0.05, 0.1) is 11.8 Å². The molecule has 1 atom stereocenters. The van der Waals surface area contributed by atoms with E-state index in [0.717, 1.165) is 15.8 Å². The molecule has 8 heteroatoms. The maximum absolute atomic E-state index is 12.7. The fraction of sp³-hybridized carbons (Fsp3) is 0.136. The summed E-state index contributed by atoms with van der Waals surface area (Å²) in [6, 6.07) is 16.7. The number of hydrogen-bond acceptors (Lipinski definition) is 6. The van der Waals surface area contributed by atoms with Crippen LogP contribution in [0.25, 0.3) is 21.3 Å². The Balaban J connectivity index is 1.64. The minimum Gasteiger partial charge on any atom is -0.494 e. The molecule has 4 rings (SSSR count). The third-order valence-electron chi connectivity index (χ3n) is 4.69. The van der Waals surface area contributed by atoms with Gasteiger partial charge in [0.1, 0.15) is 11.3 Å². The van der Waals surface area contributed by atoms with Crippen molar-refractivity contribution in [3.63, 3.8) is 0 Å². The first-order valence-corrected chi connectivity index (χ1v) is 10.0. The second-order valence-electron chi connectivity index (χ2n) is 6.58. The highest BCUT2D eigenvalue weighted by atomic mass is 32.1. The van der Waals surface area contributed by atoms with Crippen molar-refractivity contribution in [2.24, 2.45) is 0 Å². The first-order chi connectivity index (χ1) is 14.6. The molecular formula is C22H20N4O3S. The molecule has 0 radical (unpaired) electrons. The fourth-order valence-electron chi connectivity index (χ4n) is 3.09. The predicted octanol–water partition coefficient (Wildman–Crippen LogP) is 4.52. The number of benzene rings is 2. The molecule has 0 fully saturated rings. The van der Waals surface area contributed by atoms with Crippen LogP contribution in [0.3, 0.4) is 0 Å². The molecule has 0 saturated heterocycles. The van der Waals surface area contributed by atoms with Gasteiger partial charge in [-0.15, -0.1) is 0 Å². The van der Waals surface area contributed by atoms with Crippen molar-refractivity contribution in [1.82, 2.24) is 14.9 Å². The highest BCUT2D eigenvalue weighted by Gasteiger charge is 2.21. The number of aliphatic hydroxyl groups is 1. The van der Waals surface area contributed by atoms with Crippen molar-refractivity contribution in [3.05, 3.63) is 72.6 Å². The Labute approximate surface area is 177 Å². The first kappa shape index (κ1) is 19.8. The van der Waals surface area contributed by atoms with Crippen molar-refractivity contribution < 1.29 is 14.6 Å². The zero-order chi connectivity index (χ0) is 21.1. The average molecular weight is 420 g/mol. The lowest BCUT2D eigenvalue weighted by molar-refractivity contribution is 0.0503. The summed E-state index contributed by atoms with van der Waals surface area (Å²) in [5, 5.41) is 13.6. The number of nitrogens with zero attached hydrogens (tertiary/aromatic N) is 3. The molecule has 152 valence electrons. The maximum atomic E-state index is 12.7. The molecule has 0 bridgehead atoms. The number of thiazole rings is 1. The molecule has 0 spiro atoms. The van der Waals surface area contributed by atoms with E-state index in [9.17, 15) is 9.90 Å². The Morgan fingerprint density at radius 3 is 2.67 bits per heavy atom. The number of carbonyl (C=O) groups is 1. The molecule has 2 aromatic heterocycles. The molecule has 0 aliphatic heterocycles. The van der Waals surface area contributed by atoms with Crippen LogP contribution in [0, 0.1) is 0 Å². The Morgan fingerprint density at radius 1 is 1.17 bits per heavy atom. The molecule has 0 aliphatic carbocycles. The topological polar surface area (TPSA) is 87.6 Å². The summed E-state index contributed by atoms with van der Waals surface area (Å²) < 4.78 is 6.36. The Morgan fingerprint density at radius 2 is 1.97 bits per heavy atom. The van der Waals surface area contributed by atoms with E-state index >= 15 is 0 Å². The first-order valence-electron chi connectivity index (χ1n) is 9.23. The lowest BCUT2D eigenvalue weighted by atomic mass is 10.1. The Hall–Kier alpha value is -3.49. The summed E-state index contributed by atoms with van der Waals surface area (Å²) in [7, 11) is 3.10. The van der Waals surface area contributed by atoms with Gasteiger partial charge >= 0.3 is 6.03 Å². The highest BCUT2D eigenvalue weighted by molar-refractivity contribution is 7.23. The maximum Gasteiger partial charge on any atom is 0.325 e. The third-order valence-corrected chi connectivity index (χ3v) is 5.70. The van der Waals surface area contributed by atoms with Crippen molar-refractivity contribution >= 4 is 32.7 Å². The molecule has 4 aromatic rings. The van der Waals surface area contributed by atoms with E-state index in [1.807, 2.05) is 42.5 Å². The van der Waals surface area contributed by atoms with Gasteiger partial charge in [-0.2, -0.15) is 0 Å². The van der Waals surface area contributed by atoms with Crippen LogP contribution >= 0.6 is 11.3 Å². The van der Waals surface area contributed by atoms with Crippen LogP contribution in [-0.2, 0) is 0 Å². The minimum absolute atomic E-state index is 0.418. The summed E-state index contributed by atoms with van der Waals surface area (Å²) in [6.07, 6.45) is 2.00. The molecule has 2 amide bonds. The number of anilines is 1. The molecule has 0 aliphatic rings. The quantitative estimate of drug-likeness (QED) is 0.464. The van der Waals surface area contributed by atoms with Crippen LogP contribution in [0.2, 0.25) is 0 Å². The van der Waals surface area contributed by atoms with Gasteiger partial charge < -0.3 is 9.84 Å². The monoisotopic (exact) mass is 420 g/mol. The summed E-state index contributed by atoms with van der Waals surface area (Å²) in [6.45, 7) is 0. The smallest absolute Gasteiger partial charge is 0.325 e. The van der Waals surface area contributed by atoms with E-state index in [1.54, 1.807) is 25.4 Å². The van der Waals surface area contributed by atoms with Crippen LogP contribution in [0.4, 0.5) is 9.93 Å². The zero-order valence-electron chi connectivity index (χ0n) is 16.4. The SMILES string of the molecule is COc1ccc(-c2ccccc2)c2sc(NC(=O)N(C)C(O)c3cccnc3)nc12. The van der Waals surface area contributed by atoms with Crippen LogP contribution < -0.4 is 10.1 Å². The van der Waals surface area contributed by atoms with Gasteiger partial charge in [0, 0.05) is 30.6 Å². The van der Waals surface area contributed by atoms with Crippen molar-refractivity contribution in [2.45, 2.75) is 6.23 Å². The predicted molar refractivity (Wildman–Crippen MR) is 118 cm³/mol. The van der Waals surface area contributed by atoms with Crippen LogP contribution in [0.1, 0.15) is 11.8 Å². The molecule has 2 N–H and O–H groups in total. The number of nitrogens with one attached hydrogen (secondary N) is 1. The summed E-state index contributed by atoms with van der Waals surface area (Å²) in [5.74, 6) is 0.630. The number of aromatic nitrogens is 2. The van der Waals surface area contributed by atoms with Crippen molar-refractivity contribution in [1.29, 1.82) is 0 Å². The van der Waals surface area contributed by atoms with Crippen LogP contribution in [-0.4, -0.2) is 40.2 Å². The molecular weight excluding hydrogens is 400 g/mol. The van der Waals surface area contributed by atoms with Crippen LogP contribution in [0.15, 0.2) is 67.0 Å². The van der Waals surface area contributed by atoms with E-state index in [0.29, 0.717) is 22.0 Å². The van der Waals surface area contributed by atoms with Gasteiger partial charge in [-0.1, -0.05) is 47.7 Å². The number of urea groups is 1. The van der Waals surface area contributed by atoms with Gasteiger partial charge in [-0.25, -0.2) is 9.78 Å². The minimum atomic E-state index is -1.12. The van der Waals surface area contributed by atoms with Crippen molar-refractivity contribution in [2.75, 3.05) is 19.5 Å². The number of aliphatic hydroxyl groups excluding tert-OH is 1. The van der Waals surface area contributed by atoms with Gasteiger partial charge in [0.15, 0.2) is 11.4 Å².